The molecule has 0 saturated carbocycles. The molecule has 0 aromatic heterocycles. The normalized spacial score (nSPS) is 13.5. The van der Waals surface area contributed by atoms with Gasteiger partial charge >= 0.3 is 11.9 Å². The number of aliphatic hydroxyl groups is 1. The molecule has 1 heterocycles. The highest BCUT2D eigenvalue weighted by atomic mass is 16.5. The summed E-state index contributed by atoms with van der Waals surface area (Å²) in [5.74, 6) is -0.265. The highest BCUT2D eigenvalue weighted by Crippen LogP contribution is 2.15. The second-order valence-electron chi connectivity index (χ2n) is 13.6. The Morgan fingerprint density at radius 3 is 1.28 bits per heavy atom. The summed E-state index contributed by atoms with van der Waals surface area (Å²) in [5.41, 5.74) is 0. The fourth-order valence-corrected chi connectivity index (χ4v) is 6.12. The third-order valence-electron chi connectivity index (χ3n) is 9.22. The minimum absolute atomic E-state index is 0.0702. The molecule has 1 saturated heterocycles. The molecule has 1 aliphatic rings. The van der Waals surface area contributed by atoms with Gasteiger partial charge in [0, 0.05) is 38.5 Å². The molecule has 0 aliphatic carbocycles. The van der Waals surface area contributed by atoms with Crippen LogP contribution in [0.3, 0.4) is 0 Å². The predicted octanol–water partition coefficient (Wildman–Crippen LogP) is 8.23. The summed E-state index contributed by atoms with van der Waals surface area (Å²) in [6, 6.07) is 0. The van der Waals surface area contributed by atoms with Gasteiger partial charge in [0.2, 0.25) is 5.91 Å². The van der Waals surface area contributed by atoms with Gasteiger partial charge < -0.3 is 19.5 Å². The Hall–Kier alpha value is -1.67. The molecule has 0 radical (unpaired) electrons. The highest BCUT2D eigenvalue weighted by Gasteiger charge is 2.29. The molecule has 0 atom stereocenters. The number of esters is 2. The van der Waals surface area contributed by atoms with Crippen molar-refractivity contribution in [2.75, 3.05) is 52.5 Å². The Kier molecular flexibility index (Phi) is 28.2. The summed E-state index contributed by atoms with van der Waals surface area (Å²) in [7, 11) is 0. The standard InChI is InChI=1S/C38H72N2O6/c1-3-5-7-9-11-13-15-17-19-21-23-25-37(43)45-29-27-40(36(42)33-39-31-35(32-39)34-41)28-30-46-38(44)26-24-22-20-18-16-14-12-10-8-6-4-2/h35,41H,3-34H2,1-2H3. The first kappa shape index (κ1) is 42.4. The number of hydrogen-bond acceptors (Lipinski definition) is 7. The maximum absolute atomic E-state index is 13.0. The molecule has 0 aromatic rings. The van der Waals surface area contributed by atoms with Crippen LogP contribution in [0.15, 0.2) is 0 Å². The van der Waals surface area contributed by atoms with Crippen molar-refractivity contribution < 1.29 is 29.0 Å². The molecule has 1 aliphatic heterocycles. The van der Waals surface area contributed by atoms with E-state index in [1.165, 1.54) is 103 Å². The number of aliphatic hydroxyl groups excluding tert-OH is 1. The summed E-state index contributed by atoms with van der Waals surface area (Å²) < 4.78 is 10.9. The predicted molar refractivity (Wildman–Crippen MR) is 188 cm³/mol. The topological polar surface area (TPSA) is 96.4 Å². The lowest BCUT2D eigenvalue weighted by atomic mass is 10.0. The number of amides is 1. The lowest BCUT2D eigenvalue weighted by molar-refractivity contribution is -0.148. The Labute approximate surface area is 282 Å². The third kappa shape index (κ3) is 24.5. The number of nitrogens with zero attached hydrogens (tertiary/aromatic N) is 2. The number of likely N-dealkylation sites (tertiary alicyclic amines) is 1. The number of hydrogen-bond donors (Lipinski definition) is 1. The maximum Gasteiger partial charge on any atom is 0.305 e. The second kappa shape index (κ2) is 30.7. The number of carbonyl (C=O) groups is 3. The van der Waals surface area contributed by atoms with Crippen molar-refractivity contribution in [1.82, 2.24) is 9.80 Å². The Morgan fingerprint density at radius 1 is 0.587 bits per heavy atom. The number of ether oxygens (including phenoxy) is 2. The molecule has 46 heavy (non-hydrogen) atoms. The van der Waals surface area contributed by atoms with Gasteiger partial charge in [-0.05, 0) is 12.8 Å². The Morgan fingerprint density at radius 2 is 0.935 bits per heavy atom. The van der Waals surface area contributed by atoms with Crippen molar-refractivity contribution >= 4 is 17.8 Å². The van der Waals surface area contributed by atoms with E-state index in [4.69, 9.17) is 9.47 Å². The van der Waals surface area contributed by atoms with Crippen LogP contribution in [0.5, 0.6) is 0 Å². The third-order valence-corrected chi connectivity index (χ3v) is 9.22. The van der Waals surface area contributed by atoms with Crippen molar-refractivity contribution in [1.29, 1.82) is 0 Å². The zero-order valence-electron chi connectivity index (χ0n) is 30.1. The molecule has 0 aromatic carbocycles. The molecule has 8 nitrogen and oxygen atoms in total. The molecule has 0 unspecified atom stereocenters. The van der Waals surface area contributed by atoms with Crippen LogP contribution < -0.4 is 0 Å². The van der Waals surface area contributed by atoms with Gasteiger partial charge in [0.05, 0.1) is 19.6 Å². The van der Waals surface area contributed by atoms with Gasteiger partial charge in [-0.3, -0.25) is 19.3 Å². The first-order chi connectivity index (χ1) is 22.5. The maximum atomic E-state index is 13.0. The SMILES string of the molecule is CCCCCCCCCCCCCC(=O)OCCN(CCOC(=O)CCCCCCCCCCCCC)C(=O)CN1CC(CO)C1. The van der Waals surface area contributed by atoms with Crippen molar-refractivity contribution in [3.8, 4) is 0 Å². The van der Waals surface area contributed by atoms with Gasteiger partial charge in [0.1, 0.15) is 13.2 Å². The van der Waals surface area contributed by atoms with E-state index in [1.807, 2.05) is 4.90 Å². The zero-order chi connectivity index (χ0) is 33.5. The molecule has 0 bridgehead atoms. The largest absolute Gasteiger partial charge is 0.464 e. The zero-order valence-corrected chi connectivity index (χ0v) is 30.1. The van der Waals surface area contributed by atoms with E-state index in [0.29, 0.717) is 25.9 Å². The Balaban J connectivity index is 2.19. The van der Waals surface area contributed by atoms with Gasteiger partial charge in [-0.1, -0.05) is 142 Å². The fourth-order valence-electron chi connectivity index (χ4n) is 6.12. The summed E-state index contributed by atoms with van der Waals surface area (Å²) >= 11 is 0. The molecule has 1 amide bonds. The first-order valence-electron chi connectivity index (χ1n) is 19.4. The van der Waals surface area contributed by atoms with Gasteiger partial charge in [-0.15, -0.1) is 0 Å². The van der Waals surface area contributed by atoms with Crippen molar-refractivity contribution in [3.63, 3.8) is 0 Å². The van der Waals surface area contributed by atoms with E-state index >= 15 is 0 Å². The molecule has 270 valence electrons. The molecule has 1 N–H and O–H groups in total. The fraction of sp³-hybridized carbons (Fsp3) is 0.921. The van der Waals surface area contributed by atoms with E-state index in [2.05, 4.69) is 13.8 Å². The molecular formula is C38H72N2O6. The molecule has 8 heteroatoms. The lowest BCUT2D eigenvalue weighted by Crippen LogP contribution is -2.53. The van der Waals surface area contributed by atoms with E-state index in [0.717, 1.165) is 38.5 Å². The number of unbranched alkanes of at least 4 members (excludes halogenated alkanes) is 20. The van der Waals surface area contributed by atoms with Crippen LogP contribution in [0.4, 0.5) is 0 Å². The van der Waals surface area contributed by atoms with Crippen molar-refractivity contribution in [2.24, 2.45) is 5.92 Å². The summed E-state index contributed by atoms with van der Waals surface area (Å²) in [6.07, 6.45) is 28.0. The lowest BCUT2D eigenvalue weighted by Gasteiger charge is -2.38. The molecular weight excluding hydrogens is 580 g/mol. The number of rotatable bonds is 33. The van der Waals surface area contributed by atoms with Crippen LogP contribution in [-0.2, 0) is 23.9 Å². The second-order valence-corrected chi connectivity index (χ2v) is 13.6. The summed E-state index contributed by atoms with van der Waals surface area (Å²) in [6.45, 7) is 7.18. The van der Waals surface area contributed by atoms with Gasteiger partial charge in [-0.25, -0.2) is 0 Å². The van der Waals surface area contributed by atoms with E-state index in [-0.39, 0.29) is 63.2 Å². The summed E-state index contributed by atoms with van der Waals surface area (Å²) in [5, 5.41) is 9.28. The van der Waals surface area contributed by atoms with Crippen LogP contribution in [0.2, 0.25) is 0 Å². The average Bonchev–Trinajstić information content (AvgIpc) is 3.03. The first-order valence-corrected chi connectivity index (χ1v) is 19.4. The van der Waals surface area contributed by atoms with Crippen LogP contribution >= 0.6 is 0 Å². The van der Waals surface area contributed by atoms with E-state index in [9.17, 15) is 19.5 Å². The minimum Gasteiger partial charge on any atom is -0.464 e. The van der Waals surface area contributed by atoms with Gasteiger partial charge in [0.15, 0.2) is 0 Å². The number of carbonyl (C=O) groups excluding carboxylic acids is 3. The molecule has 1 rings (SSSR count). The molecule has 0 spiro atoms. The van der Waals surface area contributed by atoms with Crippen LogP contribution in [0.1, 0.15) is 168 Å². The van der Waals surface area contributed by atoms with Crippen LogP contribution in [-0.4, -0.2) is 85.3 Å². The minimum atomic E-state index is -0.213. The van der Waals surface area contributed by atoms with Gasteiger partial charge in [-0.2, -0.15) is 0 Å². The van der Waals surface area contributed by atoms with Crippen molar-refractivity contribution in [2.45, 2.75) is 168 Å². The van der Waals surface area contributed by atoms with Crippen molar-refractivity contribution in [3.05, 3.63) is 0 Å². The smallest absolute Gasteiger partial charge is 0.305 e. The monoisotopic (exact) mass is 653 g/mol. The highest BCUT2D eigenvalue weighted by molar-refractivity contribution is 5.78. The van der Waals surface area contributed by atoms with Crippen LogP contribution in [0.25, 0.3) is 0 Å². The Bertz CT molecular complexity index is 699. The summed E-state index contributed by atoms with van der Waals surface area (Å²) in [4.78, 5) is 41.2. The average molecular weight is 653 g/mol. The van der Waals surface area contributed by atoms with Gasteiger partial charge in [0.25, 0.3) is 0 Å². The molecule has 1 fully saturated rings. The quantitative estimate of drug-likeness (QED) is 0.0564. The van der Waals surface area contributed by atoms with E-state index in [1.54, 1.807) is 4.90 Å². The van der Waals surface area contributed by atoms with Crippen LogP contribution in [0, 0.1) is 5.92 Å². The van der Waals surface area contributed by atoms with E-state index < -0.39 is 0 Å².